The maximum atomic E-state index is 12.1. The number of rotatable bonds is 5. The van der Waals surface area contributed by atoms with Crippen LogP contribution in [0.1, 0.15) is 13.3 Å². The molecule has 2 N–H and O–H groups in total. The fourth-order valence-electron chi connectivity index (χ4n) is 1.71. The second-order valence-corrected chi connectivity index (χ2v) is 5.97. The lowest BCUT2D eigenvalue weighted by molar-refractivity contribution is -0.120. The second kappa shape index (κ2) is 5.60. The van der Waals surface area contributed by atoms with Crippen LogP contribution >= 0.6 is 0 Å². The molecule has 1 saturated heterocycles. The standard InChI is InChI=1S/C9H19N3O3S/c1-3-12(7-9(13)10-2)16(14,15)8-4-5-11-6-8/h8,11H,3-7H2,1-2H3,(H,10,13). The van der Waals surface area contributed by atoms with Gasteiger partial charge in [-0.25, -0.2) is 8.42 Å². The molecule has 7 heteroatoms. The summed E-state index contributed by atoms with van der Waals surface area (Å²) in [5, 5.41) is 5.06. The van der Waals surface area contributed by atoms with Crippen LogP contribution < -0.4 is 10.6 Å². The monoisotopic (exact) mass is 249 g/mol. The quantitative estimate of drug-likeness (QED) is 0.638. The normalized spacial score (nSPS) is 21.3. The number of carbonyl (C=O) groups is 1. The molecular formula is C9H19N3O3S. The number of amides is 1. The summed E-state index contributed by atoms with van der Waals surface area (Å²) < 4.78 is 25.5. The molecule has 1 heterocycles. The van der Waals surface area contributed by atoms with Crippen LogP contribution in [0.15, 0.2) is 0 Å². The predicted octanol–water partition coefficient (Wildman–Crippen LogP) is -1.25. The number of hydrogen-bond acceptors (Lipinski definition) is 4. The first-order chi connectivity index (χ1) is 7.52. The van der Waals surface area contributed by atoms with E-state index in [-0.39, 0.29) is 12.5 Å². The minimum atomic E-state index is -3.35. The first-order valence-corrected chi connectivity index (χ1v) is 6.93. The van der Waals surface area contributed by atoms with Crippen molar-refractivity contribution in [3.05, 3.63) is 0 Å². The van der Waals surface area contributed by atoms with Crippen molar-refractivity contribution in [2.24, 2.45) is 0 Å². The van der Waals surface area contributed by atoms with Gasteiger partial charge in [-0.1, -0.05) is 6.92 Å². The van der Waals surface area contributed by atoms with Crippen LogP contribution in [0, 0.1) is 0 Å². The molecule has 0 saturated carbocycles. The molecule has 0 aromatic heterocycles. The van der Waals surface area contributed by atoms with E-state index in [9.17, 15) is 13.2 Å². The van der Waals surface area contributed by atoms with E-state index in [0.717, 1.165) is 6.54 Å². The summed E-state index contributed by atoms with van der Waals surface area (Å²) in [5.74, 6) is -0.281. The molecule has 0 aromatic rings. The second-order valence-electron chi connectivity index (χ2n) is 3.76. The number of sulfonamides is 1. The van der Waals surface area contributed by atoms with Crippen molar-refractivity contribution < 1.29 is 13.2 Å². The molecule has 0 spiro atoms. The average molecular weight is 249 g/mol. The number of likely N-dealkylation sites (N-methyl/N-ethyl adjacent to an activating group) is 2. The van der Waals surface area contributed by atoms with Gasteiger partial charge in [-0.2, -0.15) is 4.31 Å². The topological polar surface area (TPSA) is 78.5 Å². The summed E-state index contributed by atoms with van der Waals surface area (Å²) in [6.07, 6.45) is 0.618. The van der Waals surface area contributed by atoms with Gasteiger partial charge in [0.05, 0.1) is 11.8 Å². The summed E-state index contributed by atoms with van der Waals surface area (Å²) in [6, 6.07) is 0. The fourth-order valence-corrected chi connectivity index (χ4v) is 3.54. The van der Waals surface area contributed by atoms with E-state index in [2.05, 4.69) is 10.6 Å². The maximum Gasteiger partial charge on any atom is 0.235 e. The first-order valence-electron chi connectivity index (χ1n) is 5.42. The SMILES string of the molecule is CCN(CC(=O)NC)S(=O)(=O)C1CCNC1. The molecule has 16 heavy (non-hydrogen) atoms. The number of nitrogens with one attached hydrogen (secondary N) is 2. The largest absolute Gasteiger partial charge is 0.358 e. The Morgan fingerprint density at radius 1 is 1.56 bits per heavy atom. The Balaban J connectivity index is 2.73. The van der Waals surface area contributed by atoms with Gasteiger partial charge in [0.25, 0.3) is 0 Å². The van der Waals surface area contributed by atoms with E-state index in [1.54, 1.807) is 6.92 Å². The van der Waals surface area contributed by atoms with Gasteiger partial charge in [-0.05, 0) is 13.0 Å². The van der Waals surface area contributed by atoms with Gasteiger partial charge in [0.2, 0.25) is 15.9 Å². The van der Waals surface area contributed by atoms with Crippen molar-refractivity contribution >= 4 is 15.9 Å². The van der Waals surface area contributed by atoms with Crippen molar-refractivity contribution in [3.63, 3.8) is 0 Å². The van der Waals surface area contributed by atoms with Gasteiger partial charge in [0.1, 0.15) is 0 Å². The third kappa shape index (κ3) is 2.93. The lowest BCUT2D eigenvalue weighted by Gasteiger charge is -2.23. The van der Waals surface area contributed by atoms with Crippen LogP contribution in [-0.4, -0.2) is 57.1 Å². The summed E-state index contributed by atoms with van der Waals surface area (Å²) >= 11 is 0. The van der Waals surface area contributed by atoms with Gasteiger partial charge in [-0.15, -0.1) is 0 Å². The average Bonchev–Trinajstić information content (AvgIpc) is 2.78. The molecule has 0 aromatic carbocycles. The van der Waals surface area contributed by atoms with Crippen molar-refractivity contribution in [3.8, 4) is 0 Å². The number of nitrogens with zero attached hydrogens (tertiary/aromatic N) is 1. The molecule has 6 nitrogen and oxygen atoms in total. The molecule has 94 valence electrons. The van der Waals surface area contributed by atoms with E-state index in [1.807, 2.05) is 0 Å². The molecule has 1 fully saturated rings. The smallest absolute Gasteiger partial charge is 0.235 e. The van der Waals surface area contributed by atoms with Crippen molar-refractivity contribution in [2.45, 2.75) is 18.6 Å². The van der Waals surface area contributed by atoms with Gasteiger partial charge in [-0.3, -0.25) is 4.79 Å². The molecule has 0 aliphatic carbocycles. The molecular weight excluding hydrogens is 230 g/mol. The molecule has 1 aliphatic heterocycles. The van der Waals surface area contributed by atoms with E-state index in [0.29, 0.717) is 19.5 Å². The summed E-state index contributed by atoms with van der Waals surface area (Å²) in [7, 11) is -1.85. The van der Waals surface area contributed by atoms with Gasteiger partial charge in [0, 0.05) is 20.1 Å². The Hall–Kier alpha value is -0.660. The minimum Gasteiger partial charge on any atom is -0.358 e. The van der Waals surface area contributed by atoms with Crippen LogP contribution in [0.2, 0.25) is 0 Å². The van der Waals surface area contributed by atoms with Crippen LogP contribution in [0.4, 0.5) is 0 Å². The van der Waals surface area contributed by atoms with E-state index in [4.69, 9.17) is 0 Å². The lowest BCUT2D eigenvalue weighted by atomic mass is 10.4. The molecule has 1 amide bonds. The molecule has 0 bridgehead atoms. The Morgan fingerprint density at radius 2 is 2.25 bits per heavy atom. The van der Waals surface area contributed by atoms with E-state index < -0.39 is 15.3 Å². The predicted molar refractivity (Wildman–Crippen MR) is 61.5 cm³/mol. The fraction of sp³-hybridized carbons (Fsp3) is 0.889. The highest BCUT2D eigenvalue weighted by atomic mass is 32.2. The van der Waals surface area contributed by atoms with Gasteiger partial charge >= 0.3 is 0 Å². The highest BCUT2D eigenvalue weighted by Crippen LogP contribution is 2.14. The summed E-state index contributed by atoms with van der Waals surface area (Å²) in [5.41, 5.74) is 0. The van der Waals surface area contributed by atoms with E-state index >= 15 is 0 Å². The van der Waals surface area contributed by atoms with Gasteiger partial charge in [0.15, 0.2) is 0 Å². The Morgan fingerprint density at radius 3 is 2.69 bits per heavy atom. The van der Waals surface area contributed by atoms with Crippen molar-refractivity contribution in [2.75, 3.05) is 33.2 Å². The molecule has 1 aliphatic rings. The van der Waals surface area contributed by atoms with Crippen LogP contribution in [0.25, 0.3) is 0 Å². The highest BCUT2D eigenvalue weighted by Gasteiger charge is 2.33. The highest BCUT2D eigenvalue weighted by molar-refractivity contribution is 7.89. The Bertz CT molecular complexity index is 336. The van der Waals surface area contributed by atoms with Crippen molar-refractivity contribution in [1.82, 2.24) is 14.9 Å². The third-order valence-electron chi connectivity index (χ3n) is 2.75. The molecule has 1 atom stereocenters. The lowest BCUT2D eigenvalue weighted by Crippen LogP contribution is -2.44. The number of hydrogen-bond donors (Lipinski definition) is 2. The van der Waals surface area contributed by atoms with E-state index in [1.165, 1.54) is 11.4 Å². The summed E-state index contributed by atoms with van der Waals surface area (Å²) in [6.45, 7) is 3.18. The first kappa shape index (κ1) is 13.4. The number of carbonyl (C=O) groups excluding carboxylic acids is 1. The minimum absolute atomic E-state index is 0.0914. The molecule has 1 unspecified atom stereocenters. The Labute approximate surface area is 96.4 Å². The van der Waals surface area contributed by atoms with Crippen LogP contribution in [-0.2, 0) is 14.8 Å². The Kier molecular flexibility index (Phi) is 4.69. The zero-order valence-electron chi connectivity index (χ0n) is 9.69. The molecule has 0 radical (unpaired) electrons. The zero-order valence-corrected chi connectivity index (χ0v) is 10.5. The van der Waals surface area contributed by atoms with Crippen LogP contribution in [0.5, 0.6) is 0 Å². The zero-order chi connectivity index (χ0) is 12.2. The third-order valence-corrected chi connectivity index (χ3v) is 5.10. The molecule has 1 rings (SSSR count). The summed E-state index contributed by atoms with van der Waals surface area (Å²) in [4.78, 5) is 11.2. The van der Waals surface area contributed by atoms with Crippen molar-refractivity contribution in [1.29, 1.82) is 0 Å². The van der Waals surface area contributed by atoms with Crippen LogP contribution in [0.3, 0.4) is 0 Å². The van der Waals surface area contributed by atoms with Gasteiger partial charge < -0.3 is 10.6 Å². The maximum absolute atomic E-state index is 12.1.